The van der Waals surface area contributed by atoms with Gasteiger partial charge in [-0.05, 0) is 49.3 Å². The Morgan fingerprint density at radius 1 is 1.31 bits per heavy atom. The minimum Gasteiger partial charge on any atom is -0.498 e. The van der Waals surface area contributed by atoms with Gasteiger partial charge in [-0.25, -0.2) is 0 Å². The van der Waals surface area contributed by atoms with Gasteiger partial charge in [0.1, 0.15) is 0 Å². The molecule has 16 heavy (non-hydrogen) atoms. The van der Waals surface area contributed by atoms with Gasteiger partial charge in [-0.3, -0.25) is 0 Å². The lowest BCUT2D eigenvalue weighted by Crippen LogP contribution is -2.01. The molecule has 1 aromatic carbocycles. The van der Waals surface area contributed by atoms with E-state index in [2.05, 4.69) is 37.3 Å². The summed E-state index contributed by atoms with van der Waals surface area (Å²) in [6.07, 6.45) is 10.6. The van der Waals surface area contributed by atoms with E-state index in [9.17, 15) is 0 Å². The fourth-order valence-corrected chi connectivity index (χ4v) is 2.17. The molecule has 0 radical (unpaired) electrons. The first-order valence-corrected chi connectivity index (χ1v) is 6.29. The van der Waals surface area contributed by atoms with Crippen LogP contribution in [0.25, 0.3) is 6.08 Å². The highest BCUT2D eigenvalue weighted by Gasteiger charge is 2.13. The summed E-state index contributed by atoms with van der Waals surface area (Å²) in [5, 5.41) is 0. The molecule has 0 spiro atoms. The fraction of sp³-hybridized carbons (Fsp3) is 0.467. The Bertz CT molecular complexity index is 348. The van der Waals surface area contributed by atoms with Crippen molar-refractivity contribution in [1.29, 1.82) is 0 Å². The van der Waals surface area contributed by atoms with Crippen molar-refractivity contribution in [2.24, 2.45) is 0 Å². The average Bonchev–Trinajstić information content (AvgIpc) is 2.82. The Morgan fingerprint density at radius 3 is 2.88 bits per heavy atom. The van der Waals surface area contributed by atoms with Gasteiger partial charge < -0.3 is 4.74 Å². The topological polar surface area (TPSA) is 9.23 Å². The first kappa shape index (κ1) is 11.3. The van der Waals surface area contributed by atoms with E-state index in [4.69, 9.17) is 4.74 Å². The molecule has 0 aliphatic heterocycles. The van der Waals surface area contributed by atoms with Crippen molar-refractivity contribution in [3.63, 3.8) is 0 Å². The monoisotopic (exact) mass is 216 g/mol. The van der Waals surface area contributed by atoms with Gasteiger partial charge >= 0.3 is 0 Å². The first-order valence-electron chi connectivity index (χ1n) is 6.29. The minimum absolute atomic E-state index is 0.464. The maximum Gasteiger partial charge on any atom is 0.0978 e. The molecule has 1 nitrogen and oxygen atoms in total. The summed E-state index contributed by atoms with van der Waals surface area (Å²) in [4.78, 5) is 0. The highest BCUT2D eigenvalue weighted by Crippen LogP contribution is 2.21. The largest absolute Gasteiger partial charge is 0.498 e. The van der Waals surface area contributed by atoms with Gasteiger partial charge in [0.25, 0.3) is 0 Å². The van der Waals surface area contributed by atoms with Crippen LogP contribution in [-0.4, -0.2) is 6.10 Å². The SMILES string of the molecule is CCc1cccc(C=COC2CCCC2)c1. The van der Waals surface area contributed by atoms with Crippen molar-refractivity contribution in [1.82, 2.24) is 0 Å². The third-order valence-electron chi connectivity index (χ3n) is 3.19. The summed E-state index contributed by atoms with van der Waals surface area (Å²) in [7, 11) is 0. The maximum atomic E-state index is 5.70. The Labute approximate surface area is 98.1 Å². The third-order valence-corrected chi connectivity index (χ3v) is 3.19. The van der Waals surface area contributed by atoms with E-state index in [1.807, 2.05) is 6.26 Å². The van der Waals surface area contributed by atoms with Crippen LogP contribution in [0.4, 0.5) is 0 Å². The van der Waals surface area contributed by atoms with E-state index < -0.39 is 0 Å². The smallest absolute Gasteiger partial charge is 0.0978 e. The van der Waals surface area contributed by atoms with E-state index in [1.165, 1.54) is 36.8 Å². The second-order valence-electron chi connectivity index (χ2n) is 4.44. The van der Waals surface area contributed by atoms with E-state index in [-0.39, 0.29) is 0 Å². The van der Waals surface area contributed by atoms with Crippen LogP contribution in [0.5, 0.6) is 0 Å². The van der Waals surface area contributed by atoms with E-state index in [1.54, 1.807) is 0 Å². The molecule has 0 unspecified atom stereocenters. The van der Waals surface area contributed by atoms with Crippen LogP contribution in [0, 0.1) is 0 Å². The summed E-state index contributed by atoms with van der Waals surface area (Å²) >= 11 is 0. The van der Waals surface area contributed by atoms with Crippen molar-refractivity contribution in [3.8, 4) is 0 Å². The summed E-state index contributed by atoms with van der Waals surface area (Å²) < 4.78 is 5.70. The summed E-state index contributed by atoms with van der Waals surface area (Å²) in [6, 6.07) is 8.60. The molecule has 1 heteroatoms. The Hall–Kier alpha value is -1.24. The molecule has 2 rings (SSSR count). The fourth-order valence-electron chi connectivity index (χ4n) is 2.17. The van der Waals surface area contributed by atoms with Gasteiger partial charge in [0.15, 0.2) is 0 Å². The van der Waals surface area contributed by atoms with E-state index >= 15 is 0 Å². The normalized spacial score (nSPS) is 17.1. The number of ether oxygens (including phenoxy) is 1. The average molecular weight is 216 g/mol. The molecular formula is C15H20O. The van der Waals surface area contributed by atoms with E-state index in [0.717, 1.165) is 6.42 Å². The van der Waals surface area contributed by atoms with Crippen LogP contribution in [0.2, 0.25) is 0 Å². The zero-order valence-electron chi connectivity index (χ0n) is 9.99. The molecule has 0 heterocycles. The lowest BCUT2D eigenvalue weighted by molar-refractivity contribution is 0.153. The molecule has 0 saturated heterocycles. The minimum atomic E-state index is 0.464. The quantitative estimate of drug-likeness (QED) is 0.686. The molecule has 86 valence electrons. The Balaban J connectivity index is 1.89. The van der Waals surface area contributed by atoms with Crippen molar-refractivity contribution in [2.45, 2.75) is 45.1 Å². The molecule has 0 aromatic heterocycles. The zero-order chi connectivity index (χ0) is 11.2. The zero-order valence-corrected chi connectivity index (χ0v) is 9.99. The lowest BCUT2D eigenvalue weighted by Gasteiger charge is -2.07. The van der Waals surface area contributed by atoms with Gasteiger partial charge in [0.2, 0.25) is 0 Å². The third kappa shape index (κ3) is 3.13. The molecule has 1 aromatic rings. The first-order chi connectivity index (χ1) is 7.88. The highest BCUT2D eigenvalue weighted by molar-refractivity contribution is 5.49. The Morgan fingerprint density at radius 2 is 2.12 bits per heavy atom. The van der Waals surface area contributed by atoms with Gasteiger partial charge in [0, 0.05) is 0 Å². The van der Waals surface area contributed by atoms with Gasteiger partial charge in [-0.15, -0.1) is 0 Å². The number of rotatable bonds is 4. The predicted octanol–water partition coefficient (Wildman–Crippen LogP) is 4.18. The highest BCUT2D eigenvalue weighted by atomic mass is 16.5. The van der Waals surface area contributed by atoms with Crippen LogP contribution in [0.15, 0.2) is 30.5 Å². The predicted molar refractivity (Wildman–Crippen MR) is 68.2 cm³/mol. The van der Waals surface area contributed by atoms with Crippen LogP contribution >= 0.6 is 0 Å². The number of aryl methyl sites for hydroxylation is 1. The molecule has 0 amide bonds. The van der Waals surface area contributed by atoms with Crippen LogP contribution in [0.3, 0.4) is 0 Å². The number of hydrogen-bond acceptors (Lipinski definition) is 1. The van der Waals surface area contributed by atoms with Crippen molar-refractivity contribution in [3.05, 3.63) is 41.7 Å². The second-order valence-corrected chi connectivity index (χ2v) is 4.44. The van der Waals surface area contributed by atoms with E-state index in [0.29, 0.717) is 6.10 Å². The van der Waals surface area contributed by atoms with Crippen LogP contribution < -0.4 is 0 Å². The molecule has 1 saturated carbocycles. The number of benzene rings is 1. The van der Waals surface area contributed by atoms with Crippen LogP contribution in [-0.2, 0) is 11.2 Å². The Kier molecular flexibility index (Phi) is 4.03. The second kappa shape index (κ2) is 5.74. The van der Waals surface area contributed by atoms with Gasteiger partial charge in [-0.1, -0.05) is 31.2 Å². The van der Waals surface area contributed by atoms with Gasteiger partial charge in [-0.2, -0.15) is 0 Å². The van der Waals surface area contributed by atoms with Crippen LogP contribution in [0.1, 0.15) is 43.7 Å². The van der Waals surface area contributed by atoms with Crippen molar-refractivity contribution >= 4 is 6.08 Å². The molecule has 1 fully saturated rings. The molecule has 0 atom stereocenters. The summed E-state index contributed by atoms with van der Waals surface area (Å²) in [5.41, 5.74) is 2.61. The molecular weight excluding hydrogens is 196 g/mol. The van der Waals surface area contributed by atoms with Crippen molar-refractivity contribution in [2.75, 3.05) is 0 Å². The summed E-state index contributed by atoms with van der Waals surface area (Å²) in [5.74, 6) is 0. The van der Waals surface area contributed by atoms with Gasteiger partial charge in [0.05, 0.1) is 12.4 Å². The molecule has 0 bridgehead atoms. The molecule has 0 N–H and O–H groups in total. The number of hydrogen-bond donors (Lipinski definition) is 0. The van der Waals surface area contributed by atoms with Crippen molar-refractivity contribution < 1.29 is 4.74 Å². The maximum absolute atomic E-state index is 5.70. The molecule has 1 aliphatic rings. The lowest BCUT2D eigenvalue weighted by atomic mass is 10.1. The molecule has 1 aliphatic carbocycles. The summed E-state index contributed by atoms with van der Waals surface area (Å²) in [6.45, 7) is 2.18. The standard InChI is InChI=1S/C15H20O/c1-2-13-6-5-7-14(12-13)10-11-16-15-8-3-4-9-15/h5-7,10-12,15H,2-4,8-9H2,1H3.